The van der Waals surface area contributed by atoms with E-state index in [4.69, 9.17) is 16.7 Å². The lowest BCUT2D eigenvalue weighted by Gasteiger charge is -2.25. The SMILES string of the molecule is CCO.O=c1[nH]c2cc(Cl)ccc2c(-c2ccccc2)c1Sc1nnc(-c2cccnc2)n1C1CCCCC1. The quantitative estimate of drug-likeness (QED) is 0.237. The Balaban J connectivity index is 0.000000983. The second-order valence-electron chi connectivity index (χ2n) is 9.34. The lowest BCUT2D eigenvalue weighted by Crippen LogP contribution is -2.16. The van der Waals surface area contributed by atoms with Gasteiger partial charge in [0.05, 0.1) is 10.4 Å². The van der Waals surface area contributed by atoms with Crippen LogP contribution in [0.3, 0.4) is 0 Å². The Morgan fingerprint density at radius 3 is 2.49 bits per heavy atom. The maximum atomic E-state index is 13.5. The van der Waals surface area contributed by atoms with Crippen LogP contribution in [0.25, 0.3) is 33.4 Å². The molecule has 0 saturated heterocycles. The molecule has 1 saturated carbocycles. The van der Waals surface area contributed by atoms with Crippen LogP contribution >= 0.6 is 23.4 Å². The molecule has 39 heavy (non-hydrogen) atoms. The van der Waals surface area contributed by atoms with Crippen molar-refractivity contribution in [1.29, 1.82) is 0 Å². The van der Waals surface area contributed by atoms with E-state index in [2.05, 4.69) is 24.7 Å². The molecule has 3 heterocycles. The van der Waals surface area contributed by atoms with E-state index in [-0.39, 0.29) is 18.2 Å². The first-order valence-electron chi connectivity index (χ1n) is 13.2. The first-order valence-corrected chi connectivity index (χ1v) is 14.3. The Kier molecular flexibility index (Phi) is 8.76. The molecule has 5 aromatic rings. The second kappa shape index (κ2) is 12.6. The molecule has 0 aliphatic heterocycles. The van der Waals surface area contributed by atoms with Gasteiger partial charge in [0.15, 0.2) is 11.0 Å². The van der Waals surface area contributed by atoms with Gasteiger partial charge in [-0.1, -0.05) is 67.3 Å². The molecule has 200 valence electrons. The van der Waals surface area contributed by atoms with E-state index in [9.17, 15) is 4.79 Å². The fraction of sp³-hybridized carbons (Fsp3) is 0.267. The lowest BCUT2D eigenvalue weighted by atomic mass is 9.95. The molecule has 7 nitrogen and oxygen atoms in total. The van der Waals surface area contributed by atoms with Gasteiger partial charge in [0.25, 0.3) is 5.56 Å². The van der Waals surface area contributed by atoms with Crippen molar-refractivity contribution in [3.63, 3.8) is 0 Å². The van der Waals surface area contributed by atoms with Gasteiger partial charge in [0.2, 0.25) is 0 Å². The molecule has 0 bridgehead atoms. The van der Waals surface area contributed by atoms with Crippen LogP contribution in [0.2, 0.25) is 5.02 Å². The number of nitrogens with one attached hydrogen (secondary N) is 1. The highest BCUT2D eigenvalue weighted by Crippen LogP contribution is 2.41. The lowest BCUT2D eigenvalue weighted by molar-refractivity contribution is 0.318. The van der Waals surface area contributed by atoms with Gasteiger partial charge in [-0.2, -0.15) is 0 Å². The van der Waals surface area contributed by atoms with Gasteiger partial charge in [-0.3, -0.25) is 14.3 Å². The summed E-state index contributed by atoms with van der Waals surface area (Å²) in [5.74, 6) is 0.794. The van der Waals surface area contributed by atoms with Gasteiger partial charge < -0.3 is 10.1 Å². The van der Waals surface area contributed by atoms with Crippen LogP contribution < -0.4 is 5.56 Å². The number of hydrogen-bond donors (Lipinski definition) is 2. The normalized spacial score (nSPS) is 13.7. The molecule has 9 heteroatoms. The summed E-state index contributed by atoms with van der Waals surface area (Å²) in [6.07, 6.45) is 9.30. The van der Waals surface area contributed by atoms with Crippen LogP contribution in [0, 0.1) is 0 Å². The highest BCUT2D eigenvalue weighted by molar-refractivity contribution is 7.99. The molecule has 0 amide bonds. The number of fused-ring (bicyclic) bond motifs is 1. The third kappa shape index (κ3) is 5.93. The van der Waals surface area contributed by atoms with Gasteiger partial charge in [-0.15, -0.1) is 10.2 Å². The van der Waals surface area contributed by atoms with Crippen LogP contribution in [0.15, 0.2) is 87.9 Å². The Hall–Kier alpha value is -3.46. The summed E-state index contributed by atoms with van der Waals surface area (Å²) in [5.41, 5.74) is 3.30. The van der Waals surface area contributed by atoms with Crippen molar-refractivity contribution >= 4 is 34.3 Å². The third-order valence-electron chi connectivity index (χ3n) is 6.71. The summed E-state index contributed by atoms with van der Waals surface area (Å²) >= 11 is 7.64. The molecule has 6 rings (SSSR count). The summed E-state index contributed by atoms with van der Waals surface area (Å²) in [6.45, 7) is 1.93. The molecule has 3 aromatic heterocycles. The smallest absolute Gasteiger partial charge is 0.263 e. The van der Waals surface area contributed by atoms with Gasteiger partial charge in [-0.25, -0.2) is 0 Å². The van der Waals surface area contributed by atoms with Gasteiger partial charge in [0.1, 0.15) is 0 Å². The Labute approximate surface area is 236 Å². The van der Waals surface area contributed by atoms with Crippen LogP contribution in [0.5, 0.6) is 0 Å². The van der Waals surface area contributed by atoms with Crippen LogP contribution in [-0.2, 0) is 0 Å². The number of hydrogen-bond acceptors (Lipinski definition) is 6. The minimum atomic E-state index is -0.172. The fourth-order valence-electron chi connectivity index (χ4n) is 5.04. The number of rotatable bonds is 5. The molecule has 1 fully saturated rings. The fourth-order valence-corrected chi connectivity index (χ4v) is 6.28. The van der Waals surface area contributed by atoms with Gasteiger partial charge >= 0.3 is 0 Å². The number of halogens is 1. The maximum Gasteiger partial charge on any atom is 0.263 e. The zero-order valence-electron chi connectivity index (χ0n) is 21.7. The zero-order valence-corrected chi connectivity index (χ0v) is 23.3. The molecule has 2 N–H and O–H groups in total. The summed E-state index contributed by atoms with van der Waals surface area (Å²) in [4.78, 5) is 21.5. The maximum absolute atomic E-state index is 13.5. The van der Waals surface area contributed by atoms with Crippen molar-refractivity contribution in [3.8, 4) is 22.5 Å². The topological polar surface area (TPSA) is 96.7 Å². The Morgan fingerprint density at radius 1 is 1.03 bits per heavy atom. The van der Waals surface area contributed by atoms with Crippen molar-refractivity contribution in [3.05, 3.63) is 88.4 Å². The number of pyridine rings is 2. The number of aromatic nitrogens is 5. The summed E-state index contributed by atoms with van der Waals surface area (Å²) < 4.78 is 2.22. The molecule has 2 aromatic carbocycles. The van der Waals surface area contributed by atoms with E-state index < -0.39 is 0 Å². The average molecular weight is 560 g/mol. The second-order valence-corrected chi connectivity index (χ2v) is 10.8. The van der Waals surface area contributed by atoms with E-state index in [1.54, 1.807) is 19.2 Å². The largest absolute Gasteiger partial charge is 0.397 e. The van der Waals surface area contributed by atoms with Crippen molar-refractivity contribution in [1.82, 2.24) is 24.7 Å². The predicted octanol–water partition coefficient (Wildman–Crippen LogP) is 7.16. The first-order chi connectivity index (χ1) is 19.1. The molecule has 0 spiro atoms. The summed E-state index contributed by atoms with van der Waals surface area (Å²) in [7, 11) is 0. The highest BCUT2D eigenvalue weighted by atomic mass is 35.5. The standard InChI is InChI=1S/C28H24ClN5OS.C2H6O/c29-20-13-14-22-23(16-20)31-27(35)25(24(22)18-8-3-1-4-9-18)36-28-33-32-26(19-10-7-15-30-17-19)34(28)21-11-5-2-6-12-21;1-2-3/h1,3-4,7-10,13-17,21H,2,5-6,11-12H2,(H,31,35);3H,2H2,1H3. The number of nitrogens with zero attached hydrogens (tertiary/aromatic N) is 4. The molecule has 1 aliphatic carbocycles. The molecule has 1 aliphatic rings. The number of benzene rings is 2. The predicted molar refractivity (Wildman–Crippen MR) is 157 cm³/mol. The average Bonchev–Trinajstić information content (AvgIpc) is 3.39. The molecule has 0 radical (unpaired) electrons. The summed E-state index contributed by atoms with van der Waals surface area (Å²) in [5, 5.41) is 19.0. The highest BCUT2D eigenvalue weighted by Gasteiger charge is 2.26. The number of aromatic amines is 1. The summed E-state index contributed by atoms with van der Waals surface area (Å²) in [6, 6.07) is 19.8. The van der Waals surface area contributed by atoms with Crippen LogP contribution in [0.4, 0.5) is 0 Å². The minimum Gasteiger partial charge on any atom is -0.397 e. The van der Waals surface area contributed by atoms with Crippen molar-refractivity contribution < 1.29 is 5.11 Å². The third-order valence-corrected chi connectivity index (χ3v) is 8.00. The van der Waals surface area contributed by atoms with E-state index in [0.717, 1.165) is 45.9 Å². The minimum absolute atomic E-state index is 0.172. The molecule has 0 unspecified atom stereocenters. The van der Waals surface area contributed by atoms with Crippen molar-refractivity contribution in [2.24, 2.45) is 0 Å². The van der Waals surface area contributed by atoms with Gasteiger partial charge in [-0.05, 0) is 61.4 Å². The van der Waals surface area contributed by atoms with E-state index in [0.29, 0.717) is 15.4 Å². The number of aliphatic hydroxyl groups excluding tert-OH is 1. The van der Waals surface area contributed by atoms with Gasteiger partial charge in [0, 0.05) is 46.6 Å². The Bertz CT molecular complexity index is 1600. The zero-order chi connectivity index (χ0) is 27.2. The van der Waals surface area contributed by atoms with Crippen LogP contribution in [-0.4, -0.2) is 36.4 Å². The number of aliphatic hydroxyl groups is 1. The first kappa shape index (κ1) is 27.1. The number of H-pyrrole nitrogens is 1. The van der Waals surface area contributed by atoms with E-state index in [1.165, 1.54) is 31.0 Å². The van der Waals surface area contributed by atoms with Crippen molar-refractivity contribution in [2.45, 2.75) is 55.1 Å². The Morgan fingerprint density at radius 2 is 1.77 bits per heavy atom. The van der Waals surface area contributed by atoms with Crippen LogP contribution in [0.1, 0.15) is 45.1 Å². The molecule has 0 atom stereocenters. The van der Waals surface area contributed by atoms with E-state index >= 15 is 0 Å². The van der Waals surface area contributed by atoms with Crippen molar-refractivity contribution in [2.75, 3.05) is 6.61 Å². The van der Waals surface area contributed by atoms with E-state index in [1.807, 2.05) is 60.8 Å². The monoisotopic (exact) mass is 559 g/mol. The molecular weight excluding hydrogens is 530 g/mol. The molecular formula is C30H30ClN5O2S.